The highest BCUT2D eigenvalue weighted by molar-refractivity contribution is 5.33. The first-order valence-corrected chi connectivity index (χ1v) is 5.78. The van der Waals surface area contributed by atoms with Crippen molar-refractivity contribution in [3.8, 4) is 0 Å². The molecule has 0 heterocycles. The molecule has 0 aromatic rings. The van der Waals surface area contributed by atoms with Crippen LogP contribution in [0.25, 0.3) is 0 Å². The highest BCUT2D eigenvalue weighted by Gasteiger charge is 2.56. The Balaban J connectivity index is 1.91. The van der Waals surface area contributed by atoms with Crippen molar-refractivity contribution in [3.63, 3.8) is 0 Å². The third kappa shape index (κ3) is 1.04. The van der Waals surface area contributed by atoms with Crippen molar-refractivity contribution in [2.24, 2.45) is 11.8 Å². The van der Waals surface area contributed by atoms with Gasteiger partial charge in [-0.05, 0) is 56.4 Å². The quantitative estimate of drug-likeness (QED) is 0.539. The molecule has 4 atom stereocenters. The molecule has 0 saturated heterocycles. The summed E-state index contributed by atoms with van der Waals surface area (Å²) in [7, 11) is 0. The summed E-state index contributed by atoms with van der Waals surface area (Å²) in [6.07, 6.45) is 7.89. The lowest BCUT2D eigenvalue weighted by molar-refractivity contribution is -0.156. The number of ether oxygens (including phenoxy) is 1. The summed E-state index contributed by atoms with van der Waals surface area (Å²) in [5.74, 6) is 1.64. The number of aliphatic hydroxyl groups is 1. The summed E-state index contributed by atoms with van der Waals surface area (Å²) in [4.78, 5) is 0. The van der Waals surface area contributed by atoms with Gasteiger partial charge >= 0.3 is 0 Å². The van der Waals surface area contributed by atoms with Crippen LogP contribution in [-0.4, -0.2) is 17.0 Å². The molecule has 2 nitrogen and oxygen atoms in total. The summed E-state index contributed by atoms with van der Waals surface area (Å²) >= 11 is 0. The van der Waals surface area contributed by atoms with Gasteiger partial charge in [0.25, 0.3) is 0 Å². The topological polar surface area (TPSA) is 29.5 Å². The molecule has 4 unspecified atom stereocenters. The maximum Gasteiger partial charge on any atom is 0.152 e. The zero-order valence-electron chi connectivity index (χ0n) is 8.70. The first-order valence-electron chi connectivity index (χ1n) is 5.78. The number of fused-ring (bicyclic) bond motifs is 5. The first-order chi connectivity index (χ1) is 6.71. The zero-order valence-corrected chi connectivity index (χ0v) is 8.70. The highest BCUT2D eigenvalue weighted by Crippen LogP contribution is 2.60. The highest BCUT2D eigenvalue weighted by atomic mass is 16.6. The smallest absolute Gasteiger partial charge is 0.152 e. The van der Waals surface area contributed by atoms with Crippen LogP contribution in [0.5, 0.6) is 0 Å². The molecular formula is C12H18O2. The average molecular weight is 194 g/mol. The molecule has 2 bridgehead atoms. The lowest BCUT2D eigenvalue weighted by Crippen LogP contribution is -2.34. The Morgan fingerprint density at radius 2 is 2.43 bits per heavy atom. The van der Waals surface area contributed by atoms with E-state index in [1.54, 1.807) is 6.92 Å². The van der Waals surface area contributed by atoms with Gasteiger partial charge in [0.15, 0.2) is 6.29 Å². The largest absolute Gasteiger partial charge is 0.368 e. The first kappa shape index (κ1) is 8.93. The van der Waals surface area contributed by atoms with Gasteiger partial charge < -0.3 is 9.84 Å². The van der Waals surface area contributed by atoms with Gasteiger partial charge in [-0.25, -0.2) is 0 Å². The molecule has 3 rings (SSSR count). The molecule has 0 spiro atoms. The van der Waals surface area contributed by atoms with Gasteiger partial charge in [0, 0.05) is 0 Å². The molecule has 14 heavy (non-hydrogen) atoms. The monoisotopic (exact) mass is 194 g/mol. The summed E-state index contributed by atoms with van der Waals surface area (Å²) in [5, 5.41) is 9.40. The molecule has 0 radical (unpaired) electrons. The molecule has 0 aliphatic heterocycles. The van der Waals surface area contributed by atoms with Crippen LogP contribution in [0.1, 0.15) is 39.0 Å². The standard InChI is InChI=1S/C12H18O2/c1-8(13)14-12-6-5-9(7-12)10-3-2-4-11(10)12/h4,8-10,13H,2-3,5-7H2,1H3. The Kier molecular flexibility index (Phi) is 1.80. The van der Waals surface area contributed by atoms with Crippen molar-refractivity contribution in [2.45, 2.75) is 50.9 Å². The number of hydrogen-bond donors (Lipinski definition) is 1. The number of allylic oxidation sites excluding steroid dienone is 1. The van der Waals surface area contributed by atoms with E-state index in [1.165, 1.54) is 24.8 Å². The summed E-state index contributed by atoms with van der Waals surface area (Å²) in [5.41, 5.74) is 1.47. The van der Waals surface area contributed by atoms with Crippen LogP contribution in [0.2, 0.25) is 0 Å². The van der Waals surface area contributed by atoms with Crippen molar-refractivity contribution < 1.29 is 9.84 Å². The van der Waals surface area contributed by atoms with Crippen LogP contribution >= 0.6 is 0 Å². The second-order valence-corrected chi connectivity index (χ2v) is 5.06. The molecule has 0 amide bonds. The maximum absolute atomic E-state index is 9.40. The van der Waals surface area contributed by atoms with E-state index in [0.29, 0.717) is 0 Å². The minimum absolute atomic E-state index is 0.0556. The van der Waals surface area contributed by atoms with E-state index < -0.39 is 6.29 Å². The molecule has 1 N–H and O–H groups in total. The fourth-order valence-electron chi connectivity index (χ4n) is 3.89. The van der Waals surface area contributed by atoms with Gasteiger partial charge in [-0.2, -0.15) is 0 Å². The lowest BCUT2D eigenvalue weighted by atomic mass is 9.84. The molecule has 0 aromatic carbocycles. The van der Waals surface area contributed by atoms with Crippen LogP contribution in [0.15, 0.2) is 11.6 Å². The minimum Gasteiger partial charge on any atom is -0.368 e. The third-order valence-corrected chi connectivity index (χ3v) is 4.24. The van der Waals surface area contributed by atoms with Crippen molar-refractivity contribution in [1.82, 2.24) is 0 Å². The predicted molar refractivity (Wildman–Crippen MR) is 53.6 cm³/mol. The Morgan fingerprint density at radius 1 is 1.57 bits per heavy atom. The minimum atomic E-state index is -0.617. The van der Waals surface area contributed by atoms with E-state index in [0.717, 1.165) is 24.7 Å². The van der Waals surface area contributed by atoms with Crippen LogP contribution in [0.3, 0.4) is 0 Å². The number of hydrogen-bond acceptors (Lipinski definition) is 2. The van der Waals surface area contributed by atoms with Crippen molar-refractivity contribution >= 4 is 0 Å². The van der Waals surface area contributed by atoms with E-state index in [4.69, 9.17) is 4.74 Å². The molecule has 2 fully saturated rings. The van der Waals surface area contributed by atoms with E-state index in [2.05, 4.69) is 6.08 Å². The van der Waals surface area contributed by atoms with Crippen molar-refractivity contribution in [3.05, 3.63) is 11.6 Å². The van der Waals surface area contributed by atoms with Crippen LogP contribution in [-0.2, 0) is 4.74 Å². The lowest BCUT2D eigenvalue weighted by Gasteiger charge is -2.32. The summed E-state index contributed by atoms with van der Waals surface area (Å²) in [6, 6.07) is 0. The SMILES string of the molecule is CC(O)OC12CCC(C1)C1CCC=C12. The van der Waals surface area contributed by atoms with Crippen molar-refractivity contribution in [1.29, 1.82) is 0 Å². The molecular weight excluding hydrogens is 176 g/mol. The fourth-order valence-corrected chi connectivity index (χ4v) is 3.89. The Morgan fingerprint density at radius 3 is 3.21 bits per heavy atom. The van der Waals surface area contributed by atoms with Gasteiger partial charge in [0.2, 0.25) is 0 Å². The fraction of sp³-hybridized carbons (Fsp3) is 0.833. The van der Waals surface area contributed by atoms with Gasteiger partial charge in [-0.3, -0.25) is 0 Å². The molecule has 2 saturated carbocycles. The molecule has 0 aromatic heterocycles. The van der Waals surface area contributed by atoms with E-state index in [1.807, 2.05) is 0 Å². The Labute approximate surface area is 85.0 Å². The summed E-state index contributed by atoms with van der Waals surface area (Å²) in [6.45, 7) is 1.73. The predicted octanol–water partition coefficient (Wildman–Crippen LogP) is 2.23. The normalized spacial score (nSPS) is 46.6. The van der Waals surface area contributed by atoms with Crippen LogP contribution in [0.4, 0.5) is 0 Å². The molecule has 2 heteroatoms. The third-order valence-electron chi connectivity index (χ3n) is 4.24. The van der Waals surface area contributed by atoms with Crippen molar-refractivity contribution in [2.75, 3.05) is 0 Å². The van der Waals surface area contributed by atoms with Gasteiger partial charge in [-0.1, -0.05) is 6.08 Å². The Bertz CT molecular complexity index is 282. The van der Waals surface area contributed by atoms with Crippen LogP contribution in [0, 0.1) is 11.8 Å². The van der Waals surface area contributed by atoms with Gasteiger partial charge in [-0.15, -0.1) is 0 Å². The molecule has 3 aliphatic rings. The Hall–Kier alpha value is -0.340. The molecule has 78 valence electrons. The second kappa shape index (κ2) is 2.83. The molecule has 3 aliphatic carbocycles. The maximum atomic E-state index is 9.40. The average Bonchev–Trinajstić information content (AvgIpc) is 2.68. The van der Waals surface area contributed by atoms with Gasteiger partial charge in [0.1, 0.15) is 0 Å². The number of rotatable bonds is 2. The zero-order chi connectivity index (χ0) is 9.76. The van der Waals surface area contributed by atoms with Crippen LogP contribution < -0.4 is 0 Å². The second-order valence-electron chi connectivity index (χ2n) is 5.06. The van der Waals surface area contributed by atoms with Gasteiger partial charge in [0.05, 0.1) is 5.60 Å². The van der Waals surface area contributed by atoms with E-state index >= 15 is 0 Å². The number of aliphatic hydroxyl groups excluding tert-OH is 1. The van der Waals surface area contributed by atoms with E-state index in [-0.39, 0.29) is 5.60 Å². The van der Waals surface area contributed by atoms with E-state index in [9.17, 15) is 5.11 Å². The summed E-state index contributed by atoms with van der Waals surface area (Å²) < 4.78 is 5.79.